The standard InChI is InChI=1S/C23H19N3O2S/c1-28-20-12-10-18(11-13-20)24-22(27)14-9-17-16-26(19-6-3-2-4-7-19)25-23(17)21-8-5-15-29-21/h2-16H,1H3,(H,24,27). The number of thiophene rings is 1. The lowest BCUT2D eigenvalue weighted by Gasteiger charge is -2.03. The number of carbonyl (C=O) groups excluding carboxylic acids is 1. The fraction of sp³-hybridized carbons (Fsp3) is 0.0435. The summed E-state index contributed by atoms with van der Waals surface area (Å²) in [6.45, 7) is 0. The van der Waals surface area contributed by atoms with Crippen LogP contribution >= 0.6 is 11.3 Å². The highest BCUT2D eigenvalue weighted by Gasteiger charge is 2.11. The first-order valence-corrected chi connectivity index (χ1v) is 9.93. The van der Waals surface area contributed by atoms with Gasteiger partial charge in [0.05, 0.1) is 17.7 Å². The van der Waals surface area contributed by atoms with Crippen molar-refractivity contribution >= 4 is 29.0 Å². The molecule has 2 aromatic heterocycles. The lowest BCUT2D eigenvalue weighted by Crippen LogP contribution is -2.07. The number of carbonyl (C=O) groups is 1. The zero-order valence-corrected chi connectivity index (χ0v) is 16.6. The lowest BCUT2D eigenvalue weighted by atomic mass is 10.2. The van der Waals surface area contributed by atoms with Gasteiger partial charge in [0.25, 0.3) is 0 Å². The number of nitrogens with zero attached hydrogens (tertiary/aromatic N) is 2. The van der Waals surface area contributed by atoms with Crippen LogP contribution in [0.2, 0.25) is 0 Å². The number of para-hydroxylation sites is 1. The second-order valence-electron chi connectivity index (χ2n) is 6.24. The van der Waals surface area contributed by atoms with Crippen molar-refractivity contribution in [2.24, 2.45) is 0 Å². The highest BCUT2D eigenvalue weighted by Crippen LogP contribution is 2.28. The molecule has 5 nitrogen and oxygen atoms in total. The molecule has 0 spiro atoms. The second kappa shape index (κ2) is 8.58. The quantitative estimate of drug-likeness (QED) is 0.448. The molecule has 6 heteroatoms. The molecule has 0 aliphatic rings. The minimum Gasteiger partial charge on any atom is -0.497 e. The maximum absolute atomic E-state index is 12.4. The molecule has 2 heterocycles. The zero-order valence-electron chi connectivity index (χ0n) is 15.8. The van der Waals surface area contributed by atoms with Gasteiger partial charge in [-0.25, -0.2) is 4.68 Å². The number of rotatable bonds is 6. The summed E-state index contributed by atoms with van der Waals surface area (Å²) in [4.78, 5) is 13.4. The van der Waals surface area contributed by atoms with Crippen molar-refractivity contribution in [1.82, 2.24) is 9.78 Å². The highest BCUT2D eigenvalue weighted by molar-refractivity contribution is 7.13. The fourth-order valence-corrected chi connectivity index (χ4v) is 3.58. The molecular weight excluding hydrogens is 382 g/mol. The molecule has 2 aromatic carbocycles. The number of ether oxygens (including phenoxy) is 1. The summed E-state index contributed by atoms with van der Waals surface area (Å²) in [6, 6.07) is 21.1. The summed E-state index contributed by atoms with van der Waals surface area (Å²) in [5, 5.41) is 9.60. The Morgan fingerprint density at radius 1 is 1.07 bits per heavy atom. The molecule has 0 radical (unpaired) electrons. The molecule has 0 bridgehead atoms. The van der Waals surface area contributed by atoms with E-state index in [1.807, 2.05) is 58.7 Å². The number of hydrogen-bond acceptors (Lipinski definition) is 4. The minimum atomic E-state index is -0.209. The minimum absolute atomic E-state index is 0.209. The monoisotopic (exact) mass is 401 g/mol. The highest BCUT2D eigenvalue weighted by atomic mass is 32.1. The maximum atomic E-state index is 12.4. The van der Waals surface area contributed by atoms with Gasteiger partial charge in [0.2, 0.25) is 5.91 Å². The van der Waals surface area contributed by atoms with Gasteiger partial charge < -0.3 is 10.1 Å². The van der Waals surface area contributed by atoms with E-state index in [4.69, 9.17) is 9.84 Å². The van der Waals surface area contributed by atoms with E-state index in [9.17, 15) is 4.79 Å². The summed E-state index contributed by atoms with van der Waals surface area (Å²) in [5.74, 6) is 0.534. The van der Waals surface area contributed by atoms with E-state index < -0.39 is 0 Å². The van der Waals surface area contributed by atoms with E-state index in [1.54, 1.807) is 48.8 Å². The van der Waals surface area contributed by atoms with Crippen molar-refractivity contribution in [1.29, 1.82) is 0 Å². The number of methoxy groups -OCH3 is 1. The Morgan fingerprint density at radius 3 is 2.55 bits per heavy atom. The molecule has 0 unspecified atom stereocenters. The smallest absolute Gasteiger partial charge is 0.248 e. The Balaban J connectivity index is 1.58. The first-order valence-electron chi connectivity index (χ1n) is 9.05. The molecule has 4 rings (SSSR count). The number of hydrogen-bond donors (Lipinski definition) is 1. The molecule has 29 heavy (non-hydrogen) atoms. The van der Waals surface area contributed by atoms with Gasteiger partial charge in [0.15, 0.2) is 0 Å². The SMILES string of the molecule is COc1ccc(NC(=O)C=Cc2cn(-c3ccccc3)nc2-c2cccs2)cc1. The maximum Gasteiger partial charge on any atom is 0.248 e. The predicted molar refractivity (Wildman–Crippen MR) is 118 cm³/mol. The van der Waals surface area contributed by atoms with Gasteiger partial charge in [-0.1, -0.05) is 24.3 Å². The summed E-state index contributed by atoms with van der Waals surface area (Å²) in [6.07, 6.45) is 5.25. The number of benzene rings is 2. The molecule has 0 aliphatic carbocycles. The van der Waals surface area contributed by atoms with Crippen LogP contribution in [0.4, 0.5) is 5.69 Å². The van der Waals surface area contributed by atoms with Crippen LogP contribution in [0, 0.1) is 0 Å². The molecule has 144 valence electrons. The average Bonchev–Trinajstić information content (AvgIpc) is 3.43. The molecular formula is C23H19N3O2S. The molecule has 0 aliphatic heterocycles. The predicted octanol–water partition coefficient (Wildman–Crippen LogP) is 5.26. The van der Waals surface area contributed by atoms with E-state index in [0.29, 0.717) is 5.69 Å². The van der Waals surface area contributed by atoms with Crippen LogP contribution in [0.1, 0.15) is 5.56 Å². The van der Waals surface area contributed by atoms with Gasteiger partial charge in [-0.2, -0.15) is 5.10 Å². The third-order valence-electron chi connectivity index (χ3n) is 4.29. The molecule has 1 amide bonds. The van der Waals surface area contributed by atoms with Crippen molar-refractivity contribution < 1.29 is 9.53 Å². The van der Waals surface area contributed by atoms with Crippen molar-refractivity contribution in [2.75, 3.05) is 12.4 Å². The third kappa shape index (κ3) is 4.44. The molecule has 1 N–H and O–H groups in total. The number of amides is 1. The first kappa shape index (κ1) is 18.7. The fourth-order valence-electron chi connectivity index (χ4n) is 2.85. The molecule has 0 atom stereocenters. The topological polar surface area (TPSA) is 56.1 Å². The summed E-state index contributed by atoms with van der Waals surface area (Å²) >= 11 is 1.62. The van der Waals surface area contributed by atoms with Gasteiger partial charge in [0, 0.05) is 23.5 Å². The molecule has 0 fully saturated rings. The molecule has 4 aromatic rings. The van der Waals surface area contributed by atoms with E-state index in [2.05, 4.69) is 5.32 Å². The summed E-state index contributed by atoms with van der Waals surface area (Å²) in [5.41, 5.74) is 3.39. The third-order valence-corrected chi connectivity index (χ3v) is 5.17. The van der Waals surface area contributed by atoms with Crippen molar-refractivity contribution in [3.05, 3.63) is 89.9 Å². The van der Waals surface area contributed by atoms with Gasteiger partial charge >= 0.3 is 0 Å². The van der Waals surface area contributed by atoms with Crippen LogP contribution in [0.3, 0.4) is 0 Å². The Kier molecular flexibility index (Phi) is 5.54. The number of nitrogens with one attached hydrogen (secondary N) is 1. The Bertz CT molecular complexity index is 1110. The van der Waals surface area contributed by atoms with Gasteiger partial charge in [-0.15, -0.1) is 11.3 Å². The van der Waals surface area contributed by atoms with Crippen LogP contribution in [0.5, 0.6) is 5.75 Å². The van der Waals surface area contributed by atoms with Crippen molar-refractivity contribution in [3.63, 3.8) is 0 Å². The van der Waals surface area contributed by atoms with Crippen LogP contribution < -0.4 is 10.1 Å². The zero-order chi connectivity index (χ0) is 20.1. The lowest BCUT2D eigenvalue weighted by molar-refractivity contribution is -0.111. The molecule has 0 saturated carbocycles. The van der Waals surface area contributed by atoms with E-state index in [-0.39, 0.29) is 5.91 Å². The number of anilines is 1. The van der Waals surface area contributed by atoms with Crippen LogP contribution in [0.25, 0.3) is 22.3 Å². The van der Waals surface area contributed by atoms with Gasteiger partial charge in [0.1, 0.15) is 11.4 Å². The second-order valence-corrected chi connectivity index (χ2v) is 7.19. The van der Waals surface area contributed by atoms with Crippen molar-refractivity contribution in [2.45, 2.75) is 0 Å². The first-order chi connectivity index (χ1) is 14.2. The van der Waals surface area contributed by atoms with Crippen LogP contribution in [-0.4, -0.2) is 22.8 Å². The average molecular weight is 401 g/mol. The largest absolute Gasteiger partial charge is 0.497 e. The summed E-state index contributed by atoms with van der Waals surface area (Å²) < 4.78 is 6.96. The summed E-state index contributed by atoms with van der Waals surface area (Å²) in [7, 11) is 1.61. The normalized spacial score (nSPS) is 10.9. The van der Waals surface area contributed by atoms with Crippen LogP contribution in [0.15, 0.2) is 84.4 Å². The van der Waals surface area contributed by atoms with E-state index >= 15 is 0 Å². The Labute approximate surface area is 172 Å². The van der Waals surface area contributed by atoms with Crippen molar-refractivity contribution in [3.8, 4) is 22.0 Å². The van der Waals surface area contributed by atoms with E-state index in [1.165, 1.54) is 6.08 Å². The van der Waals surface area contributed by atoms with Gasteiger partial charge in [-0.05, 0) is 53.9 Å². The Hall–Kier alpha value is -3.64. The van der Waals surface area contributed by atoms with Crippen LogP contribution in [-0.2, 0) is 4.79 Å². The van der Waals surface area contributed by atoms with Gasteiger partial charge in [-0.3, -0.25) is 4.79 Å². The molecule has 0 saturated heterocycles. The van der Waals surface area contributed by atoms with E-state index in [0.717, 1.165) is 27.6 Å². The number of aromatic nitrogens is 2. The Morgan fingerprint density at radius 2 is 1.86 bits per heavy atom.